The first-order valence-electron chi connectivity index (χ1n) is 5.72. The van der Waals surface area contributed by atoms with Crippen LogP contribution in [0.1, 0.15) is 22.7 Å². The summed E-state index contributed by atoms with van der Waals surface area (Å²) in [5.41, 5.74) is 8.74. The fourth-order valence-corrected chi connectivity index (χ4v) is 1.83. The maximum Gasteiger partial charge on any atom is 0.126 e. The fourth-order valence-electron chi connectivity index (χ4n) is 1.83. The van der Waals surface area contributed by atoms with E-state index in [9.17, 15) is 4.39 Å². The van der Waals surface area contributed by atoms with E-state index in [1.807, 2.05) is 36.4 Å². The summed E-state index contributed by atoms with van der Waals surface area (Å²) in [4.78, 5) is 0. The zero-order chi connectivity index (χ0) is 12.3. The Hall–Kier alpha value is -1.67. The Kier molecular flexibility index (Phi) is 3.55. The van der Waals surface area contributed by atoms with Crippen LogP contribution in [0.4, 0.5) is 4.39 Å². The average Bonchev–Trinajstić information content (AvgIpc) is 2.34. The summed E-state index contributed by atoms with van der Waals surface area (Å²) in [6.07, 6.45) is 0.726. The molecule has 88 valence electrons. The molecule has 0 spiro atoms. The summed E-state index contributed by atoms with van der Waals surface area (Å²) in [7, 11) is 0. The number of hydrogen-bond acceptors (Lipinski definition) is 1. The highest BCUT2D eigenvalue weighted by Gasteiger charge is 2.08. The lowest BCUT2D eigenvalue weighted by atomic mass is 9.99. The van der Waals surface area contributed by atoms with E-state index in [1.165, 1.54) is 11.6 Å². The molecule has 2 N–H and O–H groups in total. The summed E-state index contributed by atoms with van der Waals surface area (Å²) >= 11 is 0. The molecule has 0 aromatic heterocycles. The van der Waals surface area contributed by atoms with E-state index >= 15 is 0 Å². The molecule has 2 aromatic rings. The molecule has 0 aliphatic rings. The van der Waals surface area contributed by atoms with E-state index in [-0.39, 0.29) is 11.9 Å². The van der Waals surface area contributed by atoms with Gasteiger partial charge in [0, 0.05) is 6.04 Å². The van der Waals surface area contributed by atoms with Crippen LogP contribution in [0.2, 0.25) is 0 Å². The standard InChI is InChI=1S/C15H16FN/c1-11-7-8-13(10-14(11)16)15(17)9-12-5-3-2-4-6-12/h2-8,10,15H,9,17H2,1H3. The topological polar surface area (TPSA) is 26.0 Å². The Bertz CT molecular complexity index is 494. The molecule has 1 nitrogen and oxygen atoms in total. The monoisotopic (exact) mass is 229 g/mol. The van der Waals surface area contributed by atoms with E-state index in [0.29, 0.717) is 5.56 Å². The second kappa shape index (κ2) is 5.11. The van der Waals surface area contributed by atoms with Crippen LogP contribution in [0.25, 0.3) is 0 Å². The van der Waals surface area contributed by atoms with E-state index in [1.54, 1.807) is 13.0 Å². The van der Waals surface area contributed by atoms with Gasteiger partial charge in [0.1, 0.15) is 5.82 Å². The zero-order valence-electron chi connectivity index (χ0n) is 9.86. The summed E-state index contributed by atoms with van der Waals surface area (Å²) in [6, 6.07) is 15.0. The SMILES string of the molecule is Cc1ccc(C(N)Cc2ccccc2)cc1F. The van der Waals surface area contributed by atoms with Crippen LogP contribution in [0, 0.1) is 12.7 Å². The van der Waals surface area contributed by atoms with Crippen LogP contribution in [-0.2, 0) is 6.42 Å². The molecule has 0 aliphatic carbocycles. The minimum Gasteiger partial charge on any atom is -0.324 e. The molecular formula is C15H16FN. The molecule has 1 atom stereocenters. The molecule has 0 aliphatic heterocycles. The first-order valence-corrected chi connectivity index (χ1v) is 5.72. The van der Waals surface area contributed by atoms with Crippen molar-refractivity contribution in [3.8, 4) is 0 Å². The van der Waals surface area contributed by atoms with Gasteiger partial charge < -0.3 is 5.73 Å². The Morgan fingerprint density at radius 3 is 2.47 bits per heavy atom. The number of hydrogen-bond donors (Lipinski definition) is 1. The van der Waals surface area contributed by atoms with Crippen LogP contribution in [0.3, 0.4) is 0 Å². The van der Waals surface area contributed by atoms with Gasteiger partial charge in [-0.2, -0.15) is 0 Å². The lowest BCUT2D eigenvalue weighted by Crippen LogP contribution is -2.13. The van der Waals surface area contributed by atoms with Gasteiger partial charge in [-0.25, -0.2) is 4.39 Å². The predicted octanol–water partition coefficient (Wildman–Crippen LogP) is 3.38. The third-order valence-corrected chi connectivity index (χ3v) is 2.92. The molecule has 1 unspecified atom stereocenters. The average molecular weight is 229 g/mol. The second-order valence-electron chi connectivity index (χ2n) is 4.30. The molecule has 0 saturated heterocycles. The lowest BCUT2D eigenvalue weighted by Gasteiger charge is -2.12. The lowest BCUT2D eigenvalue weighted by molar-refractivity contribution is 0.610. The molecule has 0 fully saturated rings. The Morgan fingerprint density at radius 2 is 1.82 bits per heavy atom. The number of rotatable bonds is 3. The van der Waals surface area contributed by atoms with E-state index in [0.717, 1.165) is 12.0 Å². The van der Waals surface area contributed by atoms with Crippen LogP contribution >= 0.6 is 0 Å². The van der Waals surface area contributed by atoms with Crippen molar-refractivity contribution in [1.29, 1.82) is 0 Å². The molecular weight excluding hydrogens is 213 g/mol. The molecule has 0 radical (unpaired) electrons. The molecule has 0 bridgehead atoms. The van der Waals surface area contributed by atoms with Gasteiger partial charge >= 0.3 is 0 Å². The third kappa shape index (κ3) is 2.92. The minimum atomic E-state index is -0.189. The molecule has 0 amide bonds. The maximum atomic E-state index is 13.4. The van der Waals surface area contributed by atoms with Gasteiger partial charge in [0.2, 0.25) is 0 Å². The first-order chi connectivity index (χ1) is 8.16. The van der Waals surface area contributed by atoms with Gasteiger partial charge in [0.05, 0.1) is 0 Å². The molecule has 0 heterocycles. The number of nitrogens with two attached hydrogens (primary N) is 1. The predicted molar refractivity (Wildman–Crippen MR) is 68.2 cm³/mol. The molecule has 2 aromatic carbocycles. The molecule has 2 rings (SSSR count). The fraction of sp³-hybridized carbons (Fsp3) is 0.200. The Labute approximate surface area is 101 Å². The summed E-state index contributed by atoms with van der Waals surface area (Å²) in [5, 5.41) is 0. The van der Waals surface area contributed by atoms with Crippen LogP contribution < -0.4 is 5.73 Å². The molecule has 0 saturated carbocycles. The van der Waals surface area contributed by atoms with Gasteiger partial charge in [0.15, 0.2) is 0 Å². The van der Waals surface area contributed by atoms with Gasteiger partial charge in [-0.3, -0.25) is 0 Å². The van der Waals surface area contributed by atoms with Crippen molar-refractivity contribution in [3.05, 3.63) is 71.0 Å². The summed E-state index contributed by atoms with van der Waals surface area (Å²) in [5.74, 6) is -0.189. The van der Waals surface area contributed by atoms with Crippen LogP contribution in [0.15, 0.2) is 48.5 Å². The van der Waals surface area contributed by atoms with Crippen molar-refractivity contribution < 1.29 is 4.39 Å². The highest BCUT2D eigenvalue weighted by atomic mass is 19.1. The third-order valence-electron chi connectivity index (χ3n) is 2.92. The number of benzene rings is 2. The van der Waals surface area contributed by atoms with E-state index in [4.69, 9.17) is 5.73 Å². The molecule has 2 heteroatoms. The van der Waals surface area contributed by atoms with Crippen molar-refractivity contribution in [2.45, 2.75) is 19.4 Å². The van der Waals surface area contributed by atoms with Crippen molar-refractivity contribution in [3.63, 3.8) is 0 Å². The quantitative estimate of drug-likeness (QED) is 0.858. The smallest absolute Gasteiger partial charge is 0.126 e. The number of aryl methyl sites for hydroxylation is 1. The van der Waals surface area contributed by atoms with Gasteiger partial charge in [-0.15, -0.1) is 0 Å². The summed E-state index contributed by atoms with van der Waals surface area (Å²) < 4.78 is 13.4. The van der Waals surface area contributed by atoms with E-state index in [2.05, 4.69) is 0 Å². The minimum absolute atomic E-state index is 0.160. The normalized spacial score (nSPS) is 12.4. The van der Waals surface area contributed by atoms with Crippen molar-refractivity contribution in [2.24, 2.45) is 5.73 Å². The van der Waals surface area contributed by atoms with Gasteiger partial charge in [-0.05, 0) is 36.1 Å². The van der Waals surface area contributed by atoms with E-state index < -0.39 is 0 Å². The van der Waals surface area contributed by atoms with Crippen molar-refractivity contribution in [2.75, 3.05) is 0 Å². The maximum absolute atomic E-state index is 13.4. The Balaban J connectivity index is 2.14. The Morgan fingerprint density at radius 1 is 1.12 bits per heavy atom. The van der Waals surface area contributed by atoms with Gasteiger partial charge in [0.25, 0.3) is 0 Å². The molecule has 17 heavy (non-hydrogen) atoms. The summed E-state index contributed by atoms with van der Waals surface area (Å²) in [6.45, 7) is 1.75. The van der Waals surface area contributed by atoms with Gasteiger partial charge in [-0.1, -0.05) is 42.5 Å². The first kappa shape index (κ1) is 11.8. The number of halogens is 1. The largest absolute Gasteiger partial charge is 0.324 e. The second-order valence-corrected chi connectivity index (χ2v) is 4.30. The highest BCUT2D eigenvalue weighted by Crippen LogP contribution is 2.18. The van der Waals surface area contributed by atoms with Crippen LogP contribution in [0.5, 0.6) is 0 Å². The van der Waals surface area contributed by atoms with Crippen molar-refractivity contribution >= 4 is 0 Å². The van der Waals surface area contributed by atoms with Crippen LogP contribution in [-0.4, -0.2) is 0 Å². The highest BCUT2D eigenvalue weighted by molar-refractivity contribution is 5.27. The van der Waals surface area contributed by atoms with Crippen molar-refractivity contribution in [1.82, 2.24) is 0 Å². The zero-order valence-corrected chi connectivity index (χ0v) is 9.86.